The van der Waals surface area contributed by atoms with E-state index in [2.05, 4.69) is 17.3 Å². The van der Waals surface area contributed by atoms with Crippen molar-refractivity contribution in [2.24, 2.45) is 5.73 Å². The Bertz CT molecular complexity index is 275. The van der Waals surface area contributed by atoms with E-state index >= 15 is 0 Å². The monoisotopic (exact) mass is 240 g/mol. The second-order valence-corrected chi connectivity index (χ2v) is 2.48. The van der Waals surface area contributed by atoms with Crippen LogP contribution in [0.4, 0.5) is 26.3 Å². The molecule has 0 radical (unpaired) electrons. The lowest BCUT2D eigenvalue weighted by Gasteiger charge is -2.11. The van der Waals surface area contributed by atoms with E-state index in [9.17, 15) is 26.3 Å². The van der Waals surface area contributed by atoms with Crippen molar-refractivity contribution in [2.75, 3.05) is 0 Å². The first-order valence-corrected chi connectivity index (χ1v) is 3.24. The maximum absolute atomic E-state index is 11.7. The molecule has 9 heteroatoms. The molecule has 0 spiro atoms. The van der Waals surface area contributed by atoms with Crippen LogP contribution in [-0.2, 0) is 0 Å². The van der Waals surface area contributed by atoms with Crippen LogP contribution in [0.5, 0.6) is 0 Å². The number of nitrogens with two attached hydrogens (primary N) is 1. The summed E-state index contributed by atoms with van der Waals surface area (Å²) in [6, 6.07) is 0. The van der Waals surface area contributed by atoms with Gasteiger partial charge in [-0.15, -0.1) is 0 Å². The molecule has 0 unspecified atom stereocenters. The van der Waals surface area contributed by atoms with E-state index in [1.807, 2.05) is 0 Å². The minimum atomic E-state index is -5.26. The van der Waals surface area contributed by atoms with Gasteiger partial charge in [0.05, 0.1) is 5.03 Å². The molecule has 0 fully saturated rings. The van der Waals surface area contributed by atoms with Crippen LogP contribution in [-0.4, -0.2) is 18.1 Å². The summed E-state index contributed by atoms with van der Waals surface area (Å²) in [6.45, 7) is 0. The minimum absolute atomic E-state index is 1.86. The Kier molecular flexibility index (Phi) is 3.44. The third-order valence-corrected chi connectivity index (χ3v) is 1.44. The highest BCUT2D eigenvalue weighted by Gasteiger charge is 2.42. The van der Waals surface area contributed by atoms with E-state index in [0.29, 0.717) is 0 Å². The molecular weight excluding hydrogens is 238 g/mol. The van der Waals surface area contributed by atoms with Gasteiger partial charge in [0.25, 0.3) is 0 Å². The summed E-state index contributed by atoms with van der Waals surface area (Å²) in [4.78, 5) is 0. The molecule has 14 heavy (non-hydrogen) atoms. The van der Waals surface area contributed by atoms with E-state index < -0.39 is 28.8 Å². The van der Waals surface area contributed by atoms with Crippen LogP contribution in [0.3, 0.4) is 0 Å². The van der Waals surface area contributed by atoms with Crippen molar-refractivity contribution < 1.29 is 26.3 Å². The van der Waals surface area contributed by atoms with Gasteiger partial charge in [-0.05, 0) is 0 Å². The smallest absolute Gasteiger partial charge is 0.393 e. The zero-order chi connectivity index (χ0) is 11.7. The van der Waals surface area contributed by atoms with Gasteiger partial charge >= 0.3 is 12.4 Å². The zero-order valence-corrected chi connectivity index (χ0v) is 6.98. The van der Waals surface area contributed by atoms with Crippen LogP contribution in [0.2, 0.25) is 0 Å². The van der Waals surface area contributed by atoms with Gasteiger partial charge < -0.3 is 5.73 Å². The maximum atomic E-state index is 11.7. The second kappa shape index (κ2) is 3.68. The molecule has 0 bridgehead atoms. The fourth-order valence-corrected chi connectivity index (χ4v) is 0.598. The van der Waals surface area contributed by atoms with E-state index in [0.717, 1.165) is 0 Å². The van der Waals surface area contributed by atoms with Crippen LogP contribution >= 0.6 is 11.6 Å². The standard InChI is InChI=1S/C5H3ClF6N2/c6-1(2(13)4(7,8)9)3(14)5(10,11)12/h13H,14H2/b3-1+,13-2?. The van der Waals surface area contributed by atoms with Crippen molar-refractivity contribution in [3.8, 4) is 0 Å². The molecule has 3 N–H and O–H groups in total. The summed E-state index contributed by atoms with van der Waals surface area (Å²) in [5.74, 6) is 0. The van der Waals surface area contributed by atoms with Crippen molar-refractivity contribution in [1.82, 2.24) is 0 Å². The Morgan fingerprint density at radius 2 is 1.36 bits per heavy atom. The highest BCUT2D eigenvalue weighted by atomic mass is 35.5. The normalized spacial score (nSPS) is 15.1. The Morgan fingerprint density at radius 1 is 1.00 bits per heavy atom. The highest BCUT2D eigenvalue weighted by Crippen LogP contribution is 2.30. The van der Waals surface area contributed by atoms with Crippen molar-refractivity contribution in [1.29, 1.82) is 5.41 Å². The second-order valence-electron chi connectivity index (χ2n) is 2.10. The average Bonchev–Trinajstić information content (AvgIpc) is 1.97. The molecule has 0 saturated carbocycles. The van der Waals surface area contributed by atoms with Gasteiger partial charge in [0, 0.05) is 0 Å². The summed E-state index contributed by atoms with van der Waals surface area (Å²) in [5, 5.41) is 4.41. The van der Waals surface area contributed by atoms with Gasteiger partial charge in [0.1, 0.15) is 5.70 Å². The van der Waals surface area contributed by atoms with Gasteiger partial charge in [-0.2, -0.15) is 26.3 Å². The molecule has 0 heterocycles. The molecule has 0 aromatic rings. The number of nitrogens with one attached hydrogen (secondary N) is 1. The first-order chi connectivity index (χ1) is 5.98. The molecule has 82 valence electrons. The maximum Gasteiger partial charge on any atom is 0.434 e. The first-order valence-electron chi connectivity index (χ1n) is 2.86. The predicted molar refractivity (Wildman–Crippen MR) is 36.9 cm³/mol. The third-order valence-electron chi connectivity index (χ3n) is 1.04. The van der Waals surface area contributed by atoms with E-state index in [1.54, 1.807) is 0 Å². The number of halogens is 7. The van der Waals surface area contributed by atoms with Gasteiger partial charge in [0.2, 0.25) is 0 Å². The number of allylic oxidation sites excluding steroid dienone is 2. The lowest BCUT2D eigenvalue weighted by atomic mass is 10.3. The minimum Gasteiger partial charge on any atom is -0.393 e. The van der Waals surface area contributed by atoms with E-state index in [-0.39, 0.29) is 0 Å². The summed E-state index contributed by atoms with van der Waals surface area (Å²) >= 11 is 4.64. The number of hydrogen-bond donors (Lipinski definition) is 2. The largest absolute Gasteiger partial charge is 0.434 e. The number of alkyl halides is 6. The van der Waals surface area contributed by atoms with Crippen molar-refractivity contribution in [2.45, 2.75) is 12.4 Å². The molecule has 0 saturated heterocycles. The summed E-state index contributed by atoms with van der Waals surface area (Å²) in [5.41, 5.74) is -0.189. The molecule has 0 aromatic carbocycles. The Morgan fingerprint density at radius 3 is 1.57 bits per heavy atom. The van der Waals surface area contributed by atoms with Crippen molar-refractivity contribution >= 4 is 17.3 Å². The van der Waals surface area contributed by atoms with E-state index in [4.69, 9.17) is 5.41 Å². The molecule has 0 atom stereocenters. The molecule has 0 aliphatic carbocycles. The van der Waals surface area contributed by atoms with Gasteiger partial charge in [-0.3, -0.25) is 5.41 Å². The Balaban J connectivity index is 5.14. The van der Waals surface area contributed by atoms with Gasteiger partial charge in [-0.1, -0.05) is 11.6 Å². The molecule has 0 aliphatic heterocycles. The quantitative estimate of drug-likeness (QED) is 0.537. The topological polar surface area (TPSA) is 49.9 Å². The fraction of sp³-hybridized carbons (Fsp3) is 0.400. The van der Waals surface area contributed by atoms with Crippen LogP contribution in [0, 0.1) is 5.41 Å². The molecule has 0 aromatic heterocycles. The van der Waals surface area contributed by atoms with Gasteiger partial charge in [-0.25, -0.2) is 0 Å². The zero-order valence-electron chi connectivity index (χ0n) is 6.22. The molecule has 0 amide bonds. The molecule has 0 aliphatic rings. The summed E-state index contributed by atoms with van der Waals surface area (Å²) < 4.78 is 70.2. The third kappa shape index (κ3) is 3.09. The first kappa shape index (κ1) is 13.1. The van der Waals surface area contributed by atoms with Crippen LogP contribution in [0.1, 0.15) is 0 Å². The summed E-state index contributed by atoms with van der Waals surface area (Å²) in [7, 11) is 0. The van der Waals surface area contributed by atoms with Crippen LogP contribution < -0.4 is 5.73 Å². The number of hydrogen-bond acceptors (Lipinski definition) is 2. The van der Waals surface area contributed by atoms with Crippen LogP contribution in [0.25, 0.3) is 0 Å². The number of rotatable bonds is 1. The fourth-order valence-electron chi connectivity index (χ4n) is 0.384. The van der Waals surface area contributed by atoms with E-state index in [1.165, 1.54) is 0 Å². The Hall–Kier alpha value is -0.920. The molecular formula is C5H3ClF6N2. The SMILES string of the molecule is N=C(/C(Cl)=C(\N)C(F)(F)F)C(F)(F)F. The summed E-state index contributed by atoms with van der Waals surface area (Å²) in [6.07, 6.45) is -10.4. The van der Waals surface area contributed by atoms with Gasteiger partial charge in [0.15, 0.2) is 5.71 Å². The molecule has 0 rings (SSSR count). The lowest BCUT2D eigenvalue weighted by Crippen LogP contribution is -2.28. The molecule has 2 nitrogen and oxygen atoms in total. The van der Waals surface area contributed by atoms with Crippen molar-refractivity contribution in [3.63, 3.8) is 0 Å². The predicted octanol–water partition coefficient (Wildman–Crippen LogP) is 2.54. The Labute approximate surface area is 78.8 Å². The van der Waals surface area contributed by atoms with Crippen LogP contribution in [0.15, 0.2) is 10.7 Å². The van der Waals surface area contributed by atoms with Crippen molar-refractivity contribution in [3.05, 3.63) is 10.7 Å². The highest BCUT2D eigenvalue weighted by molar-refractivity contribution is 6.44. The lowest BCUT2D eigenvalue weighted by molar-refractivity contribution is -0.0931. The average molecular weight is 241 g/mol.